The minimum Gasteiger partial charge on any atom is -0.294 e. The van der Waals surface area contributed by atoms with Gasteiger partial charge in [-0.25, -0.2) is 0 Å². The summed E-state index contributed by atoms with van der Waals surface area (Å²) in [7, 11) is 1.84. The van der Waals surface area contributed by atoms with Gasteiger partial charge in [0.2, 0.25) is 0 Å². The molecule has 0 atom stereocenters. The molecule has 0 N–H and O–H groups in total. The van der Waals surface area contributed by atoms with Crippen LogP contribution in [0.5, 0.6) is 0 Å². The maximum absolute atomic E-state index is 12.1. The lowest BCUT2D eigenvalue weighted by molar-refractivity contribution is 0.0992. The summed E-state index contributed by atoms with van der Waals surface area (Å²) in [6.45, 7) is 0. The van der Waals surface area contributed by atoms with E-state index in [9.17, 15) is 4.79 Å². The van der Waals surface area contributed by atoms with Crippen molar-refractivity contribution in [3.63, 3.8) is 0 Å². The molecule has 0 bridgehead atoms. The second-order valence-electron chi connectivity index (χ2n) is 3.75. The number of halogens is 2. The fourth-order valence-corrected chi connectivity index (χ4v) is 2.55. The van der Waals surface area contributed by atoms with Gasteiger partial charge in [0, 0.05) is 33.3 Å². The van der Waals surface area contributed by atoms with Gasteiger partial charge >= 0.3 is 0 Å². The normalized spacial score (nSPS) is 10.5. The van der Waals surface area contributed by atoms with Crippen molar-refractivity contribution in [1.29, 1.82) is 0 Å². The Labute approximate surface area is 121 Å². The number of carbonyl (C=O) groups is 1. The topological polar surface area (TPSA) is 34.9 Å². The van der Waals surface area contributed by atoms with Crippen molar-refractivity contribution in [3.05, 3.63) is 49.8 Å². The Morgan fingerprint density at radius 2 is 2.29 bits per heavy atom. The third kappa shape index (κ3) is 3.16. The number of rotatable bonds is 3. The monoisotopic (exact) mass is 404 g/mol. The molecule has 0 amide bonds. The van der Waals surface area contributed by atoms with E-state index in [1.807, 2.05) is 31.4 Å². The third-order valence-electron chi connectivity index (χ3n) is 2.35. The van der Waals surface area contributed by atoms with E-state index >= 15 is 0 Å². The molecule has 1 aromatic carbocycles. The van der Waals surface area contributed by atoms with Crippen molar-refractivity contribution in [2.45, 2.75) is 6.42 Å². The van der Waals surface area contributed by atoms with E-state index in [1.165, 1.54) is 0 Å². The number of hydrogen-bond donors (Lipinski definition) is 0. The molecule has 0 unspecified atom stereocenters. The van der Waals surface area contributed by atoms with Gasteiger partial charge in [0.15, 0.2) is 5.78 Å². The summed E-state index contributed by atoms with van der Waals surface area (Å²) in [5.74, 6) is 0.115. The van der Waals surface area contributed by atoms with E-state index in [0.29, 0.717) is 6.42 Å². The van der Waals surface area contributed by atoms with Crippen LogP contribution in [0.2, 0.25) is 0 Å². The predicted octanol–water partition coefficient (Wildman–Crippen LogP) is 3.21. The maximum atomic E-state index is 12.1. The summed E-state index contributed by atoms with van der Waals surface area (Å²) in [4.78, 5) is 12.1. The standard InChI is InChI=1S/C12H10BrIN2O/c1-16-7-8(6-15-16)4-12(17)10-5-9(13)2-3-11(10)14/h2-3,5-7H,4H2,1H3. The second-order valence-corrected chi connectivity index (χ2v) is 5.82. The van der Waals surface area contributed by atoms with Crippen LogP contribution in [0.25, 0.3) is 0 Å². The van der Waals surface area contributed by atoms with Gasteiger partial charge in [0.25, 0.3) is 0 Å². The third-order valence-corrected chi connectivity index (χ3v) is 3.79. The molecule has 1 aromatic heterocycles. The molecular formula is C12H10BrIN2O. The summed E-state index contributed by atoms with van der Waals surface area (Å²) >= 11 is 5.56. The lowest BCUT2D eigenvalue weighted by atomic mass is 10.1. The Hall–Kier alpha value is -0.690. The largest absolute Gasteiger partial charge is 0.294 e. The average molecular weight is 405 g/mol. The lowest BCUT2D eigenvalue weighted by Crippen LogP contribution is -2.05. The molecule has 0 aliphatic rings. The first-order valence-electron chi connectivity index (χ1n) is 5.02. The first-order chi connectivity index (χ1) is 8.06. The van der Waals surface area contributed by atoms with Crippen LogP contribution in [0.3, 0.4) is 0 Å². The van der Waals surface area contributed by atoms with Crippen LogP contribution in [0.15, 0.2) is 35.1 Å². The zero-order chi connectivity index (χ0) is 12.4. The molecule has 0 radical (unpaired) electrons. The molecule has 5 heteroatoms. The SMILES string of the molecule is Cn1cc(CC(=O)c2cc(Br)ccc2I)cn1. The van der Waals surface area contributed by atoms with Gasteiger partial charge in [-0.05, 0) is 46.4 Å². The van der Waals surface area contributed by atoms with E-state index in [-0.39, 0.29) is 5.78 Å². The molecule has 17 heavy (non-hydrogen) atoms. The van der Waals surface area contributed by atoms with E-state index in [1.54, 1.807) is 10.9 Å². The molecule has 2 rings (SSSR count). The molecule has 0 saturated carbocycles. The number of Topliss-reactive ketones (excluding diaryl/α,β-unsaturated/α-hetero) is 1. The number of aryl methyl sites for hydroxylation is 1. The highest BCUT2D eigenvalue weighted by Crippen LogP contribution is 2.20. The summed E-state index contributed by atoms with van der Waals surface area (Å²) in [6, 6.07) is 5.73. The van der Waals surface area contributed by atoms with Crippen molar-refractivity contribution in [1.82, 2.24) is 9.78 Å². The number of aromatic nitrogens is 2. The Morgan fingerprint density at radius 1 is 1.53 bits per heavy atom. The van der Waals surface area contributed by atoms with E-state index < -0.39 is 0 Å². The van der Waals surface area contributed by atoms with Crippen molar-refractivity contribution in [2.75, 3.05) is 0 Å². The van der Waals surface area contributed by atoms with Crippen LogP contribution < -0.4 is 0 Å². The summed E-state index contributed by atoms with van der Waals surface area (Å²) in [5, 5.41) is 4.06. The zero-order valence-corrected chi connectivity index (χ0v) is 12.9. The van der Waals surface area contributed by atoms with Crippen molar-refractivity contribution in [3.8, 4) is 0 Å². The summed E-state index contributed by atoms with van der Waals surface area (Å²) in [5.41, 5.74) is 1.69. The van der Waals surface area contributed by atoms with Crippen LogP contribution in [0, 0.1) is 3.57 Å². The number of hydrogen-bond acceptors (Lipinski definition) is 2. The molecule has 1 heterocycles. The van der Waals surface area contributed by atoms with Gasteiger partial charge in [-0.3, -0.25) is 9.48 Å². The number of benzene rings is 1. The highest BCUT2D eigenvalue weighted by atomic mass is 127. The highest BCUT2D eigenvalue weighted by molar-refractivity contribution is 14.1. The van der Waals surface area contributed by atoms with Crippen LogP contribution in [0.1, 0.15) is 15.9 Å². The second kappa shape index (κ2) is 5.30. The minimum atomic E-state index is 0.115. The Bertz CT molecular complexity index is 565. The molecule has 0 aliphatic carbocycles. The van der Waals surface area contributed by atoms with Gasteiger partial charge in [-0.15, -0.1) is 0 Å². The number of nitrogens with zero attached hydrogens (tertiary/aromatic N) is 2. The zero-order valence-electron chi connectivity index (χ0n) is 9.15. The molecule has 0 fully saturated rings. The first-order valence-corrected chi connectivity index (χ1v) is 6.89. The van der Waals surface area contributed by atoms with Gasteiger partial charge in [0.1, 0.15) is 0 Å². The first kappa shape index (κ1) is 12.8. The van der Waals surface area contributed by atoms with Gasteiger partial charge in [-0.2, -0.15) is 5.10 Å². The van der Waals surface area contributed by atoms with E-state index in [2.05, 4.69) is 43.6 Å². The fraction of sp³-hybridized carbons (Fsp3) is 0.167. The Morgan fingerprint density at radius 3 is 2.94 bits per heavy atom. The molecule has 88 valence electrons. The molecule has 3 nitrogen and oxygen atoms in total. The van der Waals surface area contributed by atoms with E-state index in [4.69, 9.17) is 0 Å². The number of ketones is 1. The molecule has 0 saturated heterocycles. The van der Waals surface area contributed by atoms with Crippen LogP contribution in [-0.2, 0) is 13.5 Å². The van der Waals surface area contributed by atoms with Crippen LogP contribution >= 0.6 is 38.5 Å². The molecule has 2 aromatic rings. The van der Waals surface area contributed by atoms with Gasteiger partial charge in [-0.1, -0.05) is 15.9 Å². The summed E-state index contributed by atoms with van der Waals surface area (Å²) < 4.78 is 3.60. The average Bonchev–Trinajstić information content (AvgIpc) is 2.67. The molecule has 0 spiro atoms. The van der Waals surface area contributed by atoms with Crippen molar-refractivity contribution >= 4 is 44.3 Å². The van der Waals surface area contributed by atoms with Crippen molar-refractivity contribution in [2.24, 2.45) is 7.05 Å². The van der Waals surface area contributed by atoms with E-state index in [0.717, 1.165) is 19.2 Å². The Balaban J connectivity index is 2.22. The quantitative estimate of drug-likeness (QED) is 0.581. The molecular weight excluding hydrogens is 395 g/mol. The maximum Gasteiger partial charge on any atom is 0.168 e. The smallest absolute Gasteiger partial charge is 0.168 e. The Kier molecular flexibility index (Phi) is 3.98. The lowest BCUT2D eigenvalue weighted by Gasteiger charge is -2.03. The number of carbonyl (C=O) groups excluding carboxylic acids is 1. The fourth-order valence-electron chi connectivity index (χ4n) is 1.55. The van der Waals surface area contributed by atoms with Crippen molar-refractivity contribution < 1.29 is 4.79 Å². The van der Waals surface area contributed by atoms with Gasteiger partial charge < -0.3 is 0 Å². The minimum absolute atomic E-state index is 0.115. The summed E-state index contributed by atoms with van der Waals surface area (Å²) in [6.07, 6.45) is 3.98. The predicted molar refractivity (Wildman–Crippen MR) is 78.1 cm³/mol. The van der Waals surface area contributed by atoms with Crippen LogP contribution in [0.4, 0.5) is 0 Å². The van der Waals surface area contributed by atoms with Crippen LogP contribution in [-0.4, -0.2) is 15.6 Å². The molecule has 0 aliphatic heterocycles. The highest BCUT2D eigenvalue weighted by Gasteiger charge is 2.12. The van der Waals surface area contributed by atoms with Gasteiger partial charge in [0.05, 0.1) is 6.20 Å².